The molecular weight excluding hydrogens is 246 g/mol. The third-order valence-electron chi connectivity index (χ3n) is 3.08. The highest BCUT2D eigenvalue weighted by molar-refractivity contribution is 5.95. The van der Waals surface area contributed by atoms with Crippen LogP contribution in [0.15, 0.2) is 16.8 Å². The van der Waals surface area contributed by atoms with Gasteiger partial charge >= 0.3 is 5.97 Å². The Kier molecular flexibility index (Phi) is 3.69. The van der Waals surface area contributed by atoms with Crippen molar-refractivity contribution in [1.82, 2.24) is 14.9 Å². The Morgan fingerprint density at radius 3 is 2.84 bits per heavy atom. The Morgan fingerprint density at radius 1 is 1.58 bits per heavy atom. The molecule has 2 aromatic rings. The van der Waals surface area contributed by atoms with Gasteiger partial charge in [0, 0.05) is 12.1 Å². The van der Waals surface area contributed by atoms with E-state index in [0.29, 0.717) is 22.7 Å². The van der Waals surface area contributed by atoms with Crippen LogP contribution in [0.1, 0.15) is 42.4 Å². The highest BCUT2D eigenvalue weighted by Gasteiger charge is 2.23. The van der Waals surface area contributed by atoms with Crippen molar-refractivity contribution in [2.24, 2.45) is 0 Å². The van der Waals surface area contributed by atoms with Crippen molar-refractivity contribution in [3.05, 3.63) is 23.6 Å². The number of hydrogen-bond acceptors (Lipinski definition) is 5. The number of rotatable bonds is 4. The molecule has 0 aliphatic carbocycles. The topological polar surface area (TPSA) is 70.2 Å². The number of aryl methyl sites for hydroxylation is 1. The van der Waals surface area contributed by atoms with Crippen LogP contribution in [0.2, 0.25) is 0 Å². The summed E-state index contributed by atoms with van der Waals surface area (Å²) in [7, 11) is 1.35. The van der Waals surface area contributed by atoms with E-state index in [1.165, 1.54) is 13.3 Å². The van der Waals surface area contributed by atoms with E-state index in [1.807, 2.05) is 6.92 Å². The summed E-state index contributed by atoms with van der Waals surface area (Å²) in [4.78, 5) is 11.8. The maximum absolute atomic E-state index is 11.8. The van der Waals surface area contributed by atoms with Gasteiger partial charge in [-0.15, -0.1) is 0 Å². The van der Waals surface area contributed by atoms with Gasteiger partial charge in [0.15, 0.2) is 0 Å². The highest BCUT2D eigenvalue weighted by Crippen LogP contribution is 2.27. The largest absolute Gasteiger partial charge is 0.465 e. The van der Waals surface area contributed by atoms with Gasteiger partial charge in [0.25, 0.3) is 0 Å². The molecule has 0 saturated carbocycles. The number of esters is 1. The van der Waals surface area contributed by atoms with Crippen LogP contribution >= 0.6 is 0 Å². The van der Waals surface area contributed by atoms with Gasteiger partial charge < -0.3 is 9.26 Å². The molecule has 2 rings (SSSR count). The van der Waals surface area contributed by atoms with E-state index in [2.05, 4.69) is 17.2 Å². The fraction of sp³-hybridized carbons (Fsp3) is 0.462. The number of carbonyl (C=O) groups is 1. The molecule has 2 heterocycles. The maximum atomic E-state index is 11.8. The fourth-order valence-electron chi connectivity index (χ4n) is 1.86. The Labute approximate surface area is 111 Å². The van der Waals surface area contributed by atoms with E-state index < -0.39 is 5.97 Å². The monoisotopic (exact) mass is 263 g/mol. The van der Waals surface area contributed by atoms with Crippen molar-refractivity contribution in [2.45, 2.75) is 33.2 Å². The predicted octanol–water partition coefficient (Wildman–Crippen LogP) is 2.60. The predicted molar refractivity (Wildman–Crippen MR) is 68.8 cm³/mol. The lowest BCUT2D eigenvalue weighted by Gasteiger charge is -2.12. The van der Waals surface area contributed by atoms with E-state index in [9.17, 15) is 4.79 Å². The molecule has 0 saturated heterocycles. The van der Waals surface area contributed by atoms with E-state index in [0.717, 1.165) is 6.42 Å². The summed E-state index contributed by atoms with van der Waals surface area (Å²) in [5.41, 5.74) is 1.63. The molecule has 102 valence electrons. The molecule has 0 spiro atoms. The third kappa shape index (κ3) is 2.38. The molecule has 0 aromatic carbocycles. The molecule has 0 bridgehead atoms. The van der Waals surface area contributed by atoms with Crippen LogP contribution in [-0.4, -0.2) is 28.0 Å². The number of aromatic nitrogens is 3. The summed E-state index contributed by atoms with van der Waals surface area (Å²) in [6.07, 6.45) is 2.41. The fourth-order valence-corrected chi connectivity index (χ4v) is 1.86. The summed E-state index contributed by atoms with van der Waals surface area (Å²) in [5, 5.41) is 8.25. The second kappa shape index (κ2) is 5.26. The van der Waals surface area contributed by atoms with Gasteiger partial charge in [0.2, 0.25) is 0 Å². The second-order valence-corrected chi connectivity index (χ2v) is 4.42. The second-order valence-electron chi connectivity index (χ2n) is 4.42. The normalized spacial score (nSPS) is 12.4. The zero-order chi connectivity index (χ0) is 14.0. The molecule has 1 unspecified atom stereocenters. The van der Waals surface area contributed by atoms with Gasteiger partial charge in [-0.1, -0.05) is 12.1 Å². The lowest BCUT2D eigenvalue weighted by atomic mass is 10.1. The van der Waals surface area contributed by atoms with E-state index in [1.54, 1.807) is 17.7 Å². The molecule has 0 amide bonds. The Hall–Kier alpha value is -2.11. The van der Waals surface area contributed by atoms with Crippen molar-refractivity contribution in [2.75, 3.05) is 7.11 Å². The molecule has 2 aromatic heterocycles. The maximum Gasteiger partial charge on any atom is 0.341 e. The number of nitrogens with zero attached hydrogens (tertiary/aromatic N) is 3. The highest BCUT2D eigenvalue weighted by atomic mass is 16.5. The molecule has 6 heteroatoms. The number of carbonyl (C=O) groups excluding carboxylic acids is 1. The zero-order valence-corrected chi connectivity index (χ0v) is 11.5. The number of methoxy groups -OCH3 is 1. The van der Waals surface area contributed by atoms with Crippen LogP contribution in [0.4, 0.5) is 0 Å². The van der Waals surface area contributed by atoms with Gasteiger partial charge in [0.1, 0.15) is 22.7 Å². The zero-order valence-electron chi connectivity index (χ0n) is 11.5. The van der Waals surface area contributed by atoms with Gasteiger partial charge in [-0.25, -0.2) is 4.79 Å². The van der Waals surface area contributed by atoms with Crippen LogP contribution in [0.3, 0.4) is 0 Å². The van der Waals surface area contributed by atoms with Crippen molar-refractivity contribution in [3.63, 3.8) is 0 Å². The summed E-state index contributed by atoms with van der Waals surface area (Å²) in [6.45, 7) is 5.89. The summed E-state index contributed by atoms with van der Waals surface area (Å²) < 4.78 is 11.6. The first-order chi connectivity index (χ1) is 9.08. The number of ether oxygens (including phenoxy) is 1. The summed E-state index contributed by atoms with van der Waals surface area (Å²) in [5.74, 6) is 0.257. The van der Waals surface area contributed by atoms with E-state index in [-0.39, 0.29) is 6.04 Å². The third-order valence-corrected chi connectivity index (χ3v) is 3.08. The van der Waals surface area contributed by atoms with Crippen molar-refractivity contribution in [3.8, 4) is 11.4 Å². The van der Waals surface area contributed by atoms with Crippen molar-refractivity contribution >= 4 is 5.97 Å². The van der Waals surface area contributed by atoms with Crippen LogP contribution in [0.25, 0.3) is 11.4 Å². The van der Waals surface area contributed by atoms with Gasteiger partial charge in [0.05, 0.1) is 13.3 Å². The van der Waals surface area contributed by atoms with Crippen LogP contribution in [0.5, 0.6) is 0 Å². The molecule has 0 fully saturated rings. The Balaban J connectivity index is 2.59. The Bertz CT molecular complexity index is 586. The van der Waals surface area contributed by atoms with E-state index >= 15 is 0 Å². The lowest BCUT2D eigenvalue weighted by molar-refractivity contribution is 0.0601. The van der Waals surface area contributed by atoms with Crippen molar-refractivity contribution < 1.29 is 14.1 Å². The number of hydrogen-bond donors (Lipinski definition) is 0. The van der Waals surface area contributed by atoms with Crippen LogP contribution in [0, 0.1) is 6.92 Å². The summed E-state index contributed by atoms with van der Waals surface area (Å²) in [6, 6.07) is 1.94. The molecule has 0 radical (unpaired) electrons. The quantitative estimate of drug-likeness (QED) is 0.793. The average Bonchev–Trinajstić information content (AvgIpc) is 3.02. The first-order valence-electron chi connectivity index (χ1n) is 6.18. The van der Waals surface area contributed by atoms with Crippen LogP contribution < -0.4 is 0 Å². The molecule has 0 N–H and O–H groups in total. The minimum absolute atomic E-state index is 0.158. The van der Waals surface area contributed by atoms with Crippen molar-refractivity contribution in [1.29, 1.82) is 0 Å². The van der Waals surface area contributed by atoms with Gasteiger partial charge in [-0.2, -0.15) is 5.10 Å². The minimum atomic E-state index is -0.426. The first-order valence-corrected chi connectivity index (χ1v) is 6.18. The molecule has 19 heavy (non-hydrogen) atoms. The molecule has 0 aliphatic heterocycles. The average molecular weight is 263 g/mol. The molecule has 0 aliphatic rings. The first kappa shape index (κ1) is 13.3. The standard InChI is InChI=1S/C13H17N3O3/c1-5-8(2)16-12(11-6-9(3)19-15-11)10(7-14-16)13(17)18-4/h6-8H,5H2,1-4H3. The SMILES string of the molecule is CCC(C)n1ncc(C(=O)OC)c1-c1cc(C)on1. The smallest absolute Gasteiger partial charge is 0.341 e. The minimum Gasteiger partial charge on any atom is -0.465 e. The Morgan fingerprint density at radius 2 is 2.32 bits per heavy atom. The van der Waals surface area contributed by atoms with Gasteiger partial charge in [-0.05, 0) is 20.3 Å². The molecule has 1 atom stereocenters. The molecular formula is C13H17N3O3. The van der Waals surface area contributed by atoms with E-state index in [4.69, 9.17) is 9.26 Å². The van der Waals surface area contributed by atoms with Gasteiger partial charge in [-0.3, -0.25) is 4.68 Å². The molecule has 6 nitrogen and oxygen atoms in total. The lowest BCUT2D eigenvalue weighted by Crippen LogP contribution is -2.10. The summed E-state index contributed by atoms with van der Waals surface area (Å²) >= 11 is 0. The van der Waals surface area contributed by atoms with Crippen LogP contribution in [-0.2, 0) is 4.74 Å².